The number of nitrogens with zero attached hydrogens (tertiary/aromatic N) is 1. The molecule has 0 aromatic carbocycles. The van der Waals surface area contributed by atoms with E-state index in [1.54, 1.807) is 24.6 Å². The molecule has 25 heavy (non-hydrogen) atoms. The van der Waals surface area contributed by atoms with Crippen molar-refractivity contribution in [1.29, 1.82) is 0 Å². The summed E-state index contributed by atoms with van der Waals surface area (Å²) in [5.41, 5.74) is 0. The van der Waals surface area contributed by atoms with Crippen molar-refractivity contribution in [2.45, 2.75) is 23.2 Å². The Hall–Kier alpha value is -1.20. The Labute approximate surface area is 153 Å². The van der Waals surface area contributed by atoms with Crippen molar-refractivity contribution >= 4 is 27.3 Å². The molecule has 1 atom stereocenters. The third-order valence-electron chi connectivity index (χ3n) is 3.55. The standard InChI is InChI=1S/C15H26N4O4S2/c1-16-15(17-6-3-9-23-13-5-10-22-12-13)18-7-8-19-25(20,21)14-4-2-11-24-14/h2,4,11,13,19H,3,5-10,12H2,1H3,(H2,16,17,18). The van der Waals surface area contributed by atoms with Crippen LogP contribution in [-0.2, 0) is 19.5 Å². The molecule has 1 aromatic heterocycles. The molecule has 1 aromatic rings. The lowest BCUT2D eigenvalue weighted by Crippen LogP contribution is -2.41. The summed E-state index contributed by atoms with van der Waals surface area (Å²) in [6.07, 6.45) is 2.06. The summed E-state index contributed by atoms with van der Waals surface area (Å²) in [6.45, 7) is 3.62. The van der Waals surface area contributed by atoms with Gasteiger partial charge >= 0.3 is 0 Å². The van der Waals surface area contributed by atoms with Crippen molar-refractivity contribution in [3.63, 3.8) is 0 Å². The number of nitrogens with one attached hydrogen (secondary N) is 3. The average Bonchev–Trinajstić information content (AvgIpc) is 3.30. The number of thiophene rings is 1. The van der Waals surface area contributed by atoms with Gasteiger partial charge in [0.05, 0.1) is 12.7 Å². The second-order valence-electron chi connectivity index (χ2n) is 5.47. The van der Waals surface area contributed by atoms with Gasteiger partial charge in [-0.1, -0.05) is 6.07 Å². The zero-order valence-electron chi connectivity index (χ0n) is 14.4. The van der Waals surface area contributed by atoms with Crippen LogP contribution in [0.3, 0.4) is 0 Å². The molecule has 0 spiro atoms. The molecular formula is C15H26N4O4S2. The molecule has 10 heteroatoms. The van der Waals surface area contributed by atoms with Crippen LogP contribution in [0.1, 0.15) is 12.8 Å². The molecule has 1 unspecified atom stereocenters. The van der Waals surface area contributed by atoms with E-state index in [-0.39, 0.29) is 12.6 Å². The van der Waals surface area contributed by atoms with Gasteiger partial charge in [-0.2, -0.15) is 0 Å². The first-order chi connectivity index (χ1) is 12.1. The molecule has 0 aliphatic carbocycles. The summed E-state index contributed by atoms with van der Waals surface area (Å²) < 4.78 is 37.7. The molecule has 1 fully saturated rings. The van der Waals surface area contributed by atoms with E-state index >= 15 is 0 Å². The van der Waals surface area contributed by atoms with Crippen LogP contribution in [0.2, 0.25) is 0 Å². The maximum Gasteiger partial charge on any atom is 0.250 e. The van der Waals surface area contributed by atoms with Gasteiger partial charge in [0.1, 0.15) is 4.21 Å². The zero-order valence-corrected chi connectivity index (χ0v) is 16.0. The highest BCUT2D eigenvalue weighted by atomic mass is 32.2. The van der Waals surface area contributed by atoms with Crippen LogP contribution >= 0.6 is 11.3 Å². The fraction of sp³-hybridized carbons (Fsp3) is 0.667. The monoisotopic (exact) mass is 390 g/mol. The van der Waals surface area contributed by atoms with E-state index < -0.39 is 10.0 Å². The first kappa shape index (κ1) is 20.1. The number of aliphatic imine (C=N–C) groups is 1. The van der Waals surface area contributed by atoms with Gasteiger partial charge in [-0.25, -0.2) is 13.1 Å². The Bertz CT molecular complexity index is 613. The first-order valence-corrected chi connectivity index (χ1v) is 10.6. The van der Waals surface area contributed by atoms with Crippen LogP contribution in [0.25, 0.3) is 0 Å². The second-order valence-corrected chi connectivity index (χ2v) is 8.41. The second kappa shape index (κ2) is 10.7. The van der Waals surface area contributed by atoms with E-state index in [4.69, 9.17) is 9.47 Å². The normalized spacial score (nSPS) is 18.4. The van der Waals surface area contributed by atoms with E-state index in [1.807, 2.05) is 0 Å². The molecule has 1 saturated heterocycles. The average molecular weight is 391 g/mol. The Kier molecular flexibility index (Phi) is 8.62. The maximum absolute atomic E-state index is 12.0. The summed E-state index contributed by atoms with van der Waals surface area (Å²) in [4.78, 5) is 4.11. The highest BCUT2D eigenvalue weighted by molar-refractivity contribution is 7.91. The quantitative estimate of drug-likeness (QED) is 0.303. The molecule has 2 rings (SSSR count). The topological polar surface area (TPSA) is 101 Å². The van der Waals surface area contributed by atoms with Gasteiger partial charge in [0, 0.05) is 39.9 Å². The Balaban J connectivity index is 1.54. The molecule has 0 bridgehead atoms. The fourth-order valence-corrected chi connectivity index (χ4v) is 4.32. The first-order valence-electron chi connectivity index (χ1n) is 8.29. The lowest BCUT2D eigenvalue weighted by Gasteiger charge is -2.13. The van der Waals surface area contributed by atoms with E-state index in [1.165, 1.54) is 11.3 Å². The minimum atomic E-state index is -3.41. The molecule has 8 nitrogen and oxygen atoms in total. The lowest BCUT2D eigenvalue weighted by atomic mass is 10.3. The van der Waals surface area contributed by atoms with Gasteiger partial charge in [-0.3, -0.25) is 4.99 Å². The summed E-state index contributed by atoms with van der Waals surface area (Å²) in [6, 6.07) is 3.30. The molecule has 0 radical (unpaired) electrons. The van der Waals surface area contributed by atoms with Gasteiger partial charge < -0.3 is 20.1 Å². The third-order valence-corrected chi connectivity index (χ3v) is 6.41. The molecule has 0 amide bonds. The fourth-order valence-electron chi connectivity index (χ4n) is 2.25. The largest absolute Gasteiger partial charge is 0.379 e. The number of ether oxygens (including phenoxy) is 2. The predicted molar refractivity (Wildman–Crippen MR) is 98.7 cm³/mol. The van der Waals surface area contributed by atoms with Gasteiger partial charge in [0.25, 0.3) is 0 Å². The van der Waals surface area contributed by atoms with Gasteiger partial charge in [-0.05, 0) is 24.3 Å². The zero-order chi connectivity index (χ0) is 18.0. The SMILES string of the molecule is CN=C(NCCCOC1CCOC1)NCCNS(=O)(=O)c1cccs1. The summed E-state index contributed by atoms with van der Waals surface area (Å²) >= 11 is 1.20. The van der Waals surface area contributed by atoms with Crippen LogP contribution in [0.4, 0.5) is 0 Å². The Morgan fingerprint density at radius 3 is 2.92 bits per heavy atom. The number of sulfonamides is 1. The Morgan fingerprint density at radius 2 is 2.24 bits per heavy atom. The molecule has 2 heterocycles. The lowest BCUT2D eigenvalue weighted by molar-refractivity contribution is 0.0420. The van der Waals surface area contributed by atoms with Crippen molar-refractivity contribution in [3.8, 4) is 0 Å². The third kappa shape index (κ3) is 7.28. The molecule has 3 N–H and O–H groups in total. The van der Waals surface area contributed by atoms with Gasteiger partial charge in [0.2, 0.25) is 10.0 Å². The molecule has 142 valence electrons. The highest BCUT2D eigenvalue weighted by Gasteiger charge is 2.15. The van der Waals surface area contributed by atoms with Crippen molar-refractivity contribution in [1.82, 2.24) is 15.4 Å². The van der Waals surface area contributed by atoms with Crippen LogP contribution in [-0.4, -0.2) is 67.0 Å². The molecule has 0 saturated carbocycles. The summed E-state index contributed by atoms with van der Waals surface area (Å²) in [5.74, 6) is 0.638. The van der Waals surface area contributed by atoms with Crippen molar-refractivity contribution < 1.29 is 17.9 Å². The van der Waals surface area contributed by atoms with Crippen LogP contribution in [0.15, 0.2) is 26.7 Å². The molecular weight excluding hydrogens is 364 g/mol. The summed E-state index contributed by atoms with van der Waals surface area (Å²) in [5, 5.41) is 7.98. The number of hydrogen-bond donors (Lipinski definition) is 3. The van der Waals surface area contributed by atoms with Gasteiger partial charge in [-0.15, -0.1) is 11.3 Å². The highest BCUT2D eigenvalue weighted by Crippen LogP contribution is 2.14. The smallest absolute Gasteiger partial charge is 0.250 e. The van der Waals surface area contributed by atoms with E-state index in [0.717, 1.165) is 26.0 Å². The minimum Gasteiger partial charge on any atom is -0.379 e. The van der Waals surface area contributed by atoms with E-state index in [9.17, 15) is 8.42 Å². The summed E-state index contributed by atoms with van der Waals surface area (Å²) in [7, 11) is -1.73. The number of guanidine groups is 1. The number of rotatable bonds is 10. The van der Waals surface area contributed by atoms with Crippen molar-refractivity contribution in [2.75, 3.05) is 46.5 Å². The number of hydrogen-bond acceptors (Lipinski definition) is 6. The Morgan fingerprint density at radius 1 is 1.40 bits per heavy atom. The van der Waals surface area contributed by atoms with Crippen LogP contribution in [0.5, 0.6) is 0 Å². The van der Waals surface area contributed by atoms with Crippen molar-refractivity contribution in [3.05, 3.63) is 17.5 Å². The van der Waals surface area contributed by atoms with Crippen LogP contribution in [0, 0.1) is 0 Å². The predicted octanol–water partition coefficient (Wildman–Crippen LogP) is 0.387. The van der Waals surface area contributed by atoms with E-state index in [0.29, 0.717) is 29.9 Å². The van der Waals surface area contributed by atoms with Gasteiger partial charge in [0.15, 0.2) is 5.96 Å². The maximum atomic E-state index is 12.0. The minimum absolute atomic E-state index is 0.230. The van der Waals surface area contributed by atoms with E-state index in [2.05, 4.69) is 20.3 Å². The molecule has 1 aliphatic rings. The van der Waals surface area contributed by atoms with Crippen molar-refractivity contribution in [2.24, 2.45) is 4.99 Å². The molecule has 1 aliphatic heterocycles. The van der Waals surface area contributed by atoms with Crippen LogP contribution < -0.4 is 15.4 Å².